The molecule has 1 heterocycles. The van der Waals surface area contributed by atoms with E-state index in [2.05, 4.69) is 0 Å². The number of ether oxygens (including phenoxy) is 1. The molecular formula is C18H21Cl2N2O3S+. The van der Waals surface area contributed by atoms with E-state index in [0.717, 1.165) is 17.9 Å². The molecule has 26 heavy (non-hydrogen) atoms. The van der Waals surface area contributed by atoms with E-state index < -0.39 is 10.0 Å². The molecule has 2 aromatic carbocycles. The minimum atomic E-state index is -3.70. The summed E-state index contributed by atoms with van der Waals surface area (Å²) in [5.74, 6) is 0.859. The minimum Gasteiger partial charge on any atom is -0.496 e. The van der Waals surface area contributed by atoms with Crippen molar-refractivity contribution in [2.75, 3.05) is 33.3 Å². The number of hydrogen-bond donors (Lipinski definition) is 1. The minimum absolute atomic E-state index is 0.00323. The van der Waals surface area contributed by atoms with Crippen LogP contribution in [0.15, 0.2) is 47.4 Å². The van der Waals surface area contributed by atoms with Crippen LogP contribution in [0.2, 0.25) is 10.0 Å². The lowest BCUT2D eigenvalue weighted by Gasteiger charge is -2.32. The van der Waals surface area contributed by atoms with Crippen molar-refractivity contribution in [1.82, 2.24) is 4.31 Å². The van der Waals surface area contributed by atoms with Gasteiger partial charge in [0, 0.05) is 5.56 Å². The Balaban J connectivity index is 1.70. The fourth-order valence-electron chi connectivity index (χ4n) is 3.20. The fraction of sp³-hybridized carbons (Fsp3) is 0.333. The number of rotatable bonds is 5. The van der Waals surface area contributed by atoms with Crippen LogP contribution in [0, 0.1) is 0 Å². The normalized spacial score (nSPS) is 16.6. The fourth-order valence-corrected chi connectivity index (χ4v) is 5.73. The van der Waals surface area contributed by atoms with Crippen molar-refractivity contribution in [3.05, 3.63) is 58.1 Å². The molecule has 1 aliphatic rings. The molecule has 0 amide bonds. The summed E-state index contributed by atoms with van der Waals surface area (Å²) >= 11 is 12.2. The maximum Gasteiger partial charge on any atom is 0.246 e. The van der Waals surface area contributed by atoms with Crippen LogP contribution in [0.3, 0.4) is 0 Å². The van der Waals surface area contributed by atoms with Gasteiger partial charge in [-0.25, -0.2) is 8.42 Å². The van der Waals surface area contributed by atoms with E-state index in [4.69, 9.17) is 27.9 Å². The number of quaternary nitrogens is 1. The first kappa shape index (κ1) is 19.5. The maximum absolute atomic E-state index is 12.9. The van der Waals surface area contributed by atoms with Gasteiger partial charge in [-0.15, -0.1) is 0 Å². The van der Waals surface area contributed by atoms with E-state index in [1.807, 2.05) is 24.3 Å². The Bertz CT molecular complexity index is 862. The molecule has 0 spiro atoms. The second-order valence-electron chi connectivity index (χ2n) is 6.19. The monoisotopic (exact) mass is 415 g/mol. The third-order valence-corrected chi connectivity index (χ3v) is 7.43. The van der Waals surface area contributed by atoms with Crippen molar-refractivity contribution >= 4 is 33.2 Å². The van der Waals surface area contributed by atoms with E-state index in [1.54, 1.807) is 25.3 Å². The largest absolute Gasteiger partial charge is 0.496 e. The van der Waals surface area contributed by atoms with Crippen LogP contribution >= 0.6 is 23.2 Å². The highest BCUT2D eigenvalue weighted by Crippen LogP contribution is 2.31. The van der Waals surface area contributed by atoms with Crippen molar-refractivity contribution in [1.29, 1.82) is 0 Å². The van der Waals surface area contributed by atoms with Crippen LogP contribution in [0.1, 0.15) is 5.56 Å². The molecule has 8 heteroatoms. The third-order valence-electron chi connectivity index (χ3n) is 4.58. The quantitative estimate of drug-likeness (QED) is 0.813. The molecule has 1 saturated heterocycles. The summed E-state index contributed by atoms with van der Waals surface area (Å²) in [4.78, 5) is 1.31. The highest BCUT2D eigenvalue weighted by molar-refractivity contribution is 7.89. The zero-order chi connectivity index (χ0) is 18.7. The molecule has 3 rings (SSSR count). The summed E-state index contributed by atoms with van der Waals surface area (Å²) in [5.41, 5.74) is 1.12. The van der Waals surface area contributed by atoms with Gasteiger partial charge in [-0.1, -0.05) is 41.4 Å². The van der Waals surface area contributed by atoms with Gasteiger partial charge < -0.3 is 9.64 Å². The number of methoxy groups -OCH3 is 1. The Morgan fingerprint density at radius 1 is 1.04 bits per heavy atom. The summed E-state index contributed by atoms with van der Waals surface area (Å²) in [5, 5.41) is 0.308. The summed E-state index contributed by atoms with van der Waals surface area (Å²) in [7, 11) is -2.04. The molecule has 140 valence electrons. The SMILES string of the molecule is COc1ccccc1C[NH+]1CCN(S(=O)(=O)c2c(Cl)cccc2Cl)CC1. The first-order valence-electron chi connectivity index (χ1n) is 8.33. The van der Waals surface area contributed by atoms with Gasteiger partial charge in [0.25, 0.3) is 0 Å². The van der Waals surface area contributed by atoms with Crippen molar-refractivity contribution in [2.24, 2.45) is 0 Å². The van der Waals surface area contributed by atoms with Crippen molar-refractivity contribution < 1.29 is 18.1 Å². The highest BCUT2D eigenvalue weighted by atomic mass is 35.5. The van der Waals surface area contributed by atoms with E-state index in [9.17, 15) is 8.42 Å². The Hall–Kier alpha value is -1.31. The number of sulfonamides is 1. The topological polar surface area (TPSA) is 51.1 Å². The van der Waals surface area contributed by atoms with Gasteiger partial charge in [-0.3, -0.25) is 0 Å². The average Bonchev–Trinajstić information content (AvgIpc) is 2.62. The van der Waals surface area contributed by atoms with Crippen LogP contribution in [-0.4, -0.2) is 46.0 Å². The van der Waals surface area contributed by atoms with E-state index >= 15 is 0 Å². The molecule has 0 atom stereocenters. The molecule has 1 fully saturated rings. The predicted octanol–water partition coefficient (Wildman–Crippen LogP) is 2.09. The lowest BCUT2D eigenvalue weighted by molar-refractivity contribution is -0.917. The summed E-state index contributed by atoms with van der Waals surface area (Å²) in [6.45, 7) is 3.06. The molecule has 0 bridgehead atoms. The lowest BCUT2D eigenvalue weighted by atomic mass is 10.2. The van der Waals surface area contributed by atoms with Crippen LogP contribution < -0.4 is 9.64 Å². The Kier molecular flexibility index (Phi) is 6.10. The molecule has 0 saturated carbocycles. The van der Waals surface area contributed by atoms with Gasteiger partial charge in [0.2, 0.25) is 10.0 Å². The third kappa shape index (κ3) is 4.00. The number of nitrogens with one attached hydrogen (secondary N) is 1. The molecule has 1 N–H and O–H groups in total. The van der Waals surface area contributed by atoms with E-state index in [1.165, 1.54) is 9.21 Å². The van der Waals surface area contributed by atoms with Crippen LogP contribution in [-0.2, 0) is 16.6 Å². The van der Waals surface area contributed by atoms with Crippen molar-refractivity contribution in [3.63, 3.8) is 0 Å². The first-order valence-corrected chi connectivity index (χ1v) is 10.5. The van der Waals surface area contributed by atoms with Gasteiger partial charge in [0.05, 0.1) is 43.3 Å². The maximum atomic E-state index is 12.9. The molecule has 0 unspecified atom stereocenters. The van der Waals surface area contributed by atoms with Gasteiger partial charge in [0.1, 0.15) is 17.2 Å². The number of piperazine rings is 1. The van der Waals surface area contributed by atoms with E-state index in [-0.39, 0.29) is 14.9 Å². The Labute approximate surface area is 164 Å². The molecule has 0 aliphatic carbocycles. The van der Waals surface area contributed by atoms with Gasteiger partial charge >= 0.3 is 0 Å². The predicted molar refractivity (Wildman–Crippen MR) is 103 cm³/mol. The molecule has 1 aliphatic heterocycles. The number of para-hydroxylation sites is 1. The number of hydrogen-bond acceptors (Lipinski definition) is 3. The van der Waals surface area contributed by atoms with Gasteiger partial charge in [0.15, 0.2) is 0 Å². The zero-order valence-corrected chi connectivity index (χ0v) is 16.7. The van der Waals surface area contributed by atoms with Crippen LogP contribution in [0.4, 0.5) is 0 Å². The molecular weight excluding hydrogens is 395 g/mol. The van der Waals surface area contributed by atoms with Crippen LogP contribution in [0.25, 0.3) is 0 Å². The second-order valence-corrected chi connectivity index (χ2v) is 8.88. The zero-order valence-electron chi connectivity index (χ0n) is 14.4. The standard InChI is InChI=1S/C18H20Cl2N2O3S/c1-25-17-8-3-2-5-14(17)13-21-9-11-22(12-10-21)26(23,24)18-15(19)6-4-7-16(18)20/h2-8H,9-13H2,1H3/p+1. The lowest BCUT2D eigenvalue weighted by Crippen LogP contribution is -3.13. The Morgan fingerprint density at radius 2 is 1.65 bits per heavy atom. The summed E-state index contributed by atoms with van der Waals surface area (Å²) in [6.07, 6.45) is 0. The average molecular weight is 416 g/mol. The molecule has 2 aromatic rings. The van der Waals surface area contributed by atoms with Gasteiger partial charge in [-0.05, 0) is 24.3 Å². The molecule has 0 aromatic heterocycles. The van der Waals surface area contributed by atoms with Crippen LogP contribution in [0.5, 0.6) is 5.75 Å². The van der Waals surface area contributed by atoms with Gasteiger partial charge in [-0.2, -0.15) is 4.31 Å². The second kappa shape index (κ2) is 8.15. The number of halogens is 2. The number of nitrogens with zero attached hydrogens (tertiary/aromatic N) is 1. The van der Waals surface area contributed by atoms with Crippen molar-refractivity contribution in [2.45, 2.75) is 11.4 Å². The van der Waals surface area contributed by atoms with Crippen molar-refractivity contribution in [3.8, 4) is 5.75 Å². The highest BCUT2D eigenvalue weighted by Gasteiger charge is 2.33. The smallest absolute Gasteiger partial charge is 0.246 e. The Morgan fingerprint density at radius 3 is 2.27 bits per heavy atom. The first-order chi connectivity index (χ1) is 12.4. The summed E-state index contributed by atoms with van der Waals surface area (Å²) in [6, 6.07) is 12.6. The molecule has 0 radical (unpaired) electrons. The van der Waals surface area contributed by atoms with E-state index in [0.29, 0.717) is 26.2 Å². The number of benzene rings is 2. The molecule has 5 nitrogen and oxygen atoms in total. The summed E-state index contributed by atoms with van der Waals surface area (Å²) < 4.78 is 32.7.